The standard InChI is InChI=1S/C24H26ClN7O3/c1-13-15(10-31-12-17(33)9-20(31)23(34)35)11-32(29-13)21-6-7-26-24(28-21)27-16-4-5-19-18(8-16)22(25)14(2)30(19)3/h4-8,11,17,20,33H,9-10,12H2,1-3H3,(H,34,35)(H,26,27,28). The second kappa shape index (κ2) is 8.95. The van der Waals surface area contributed by atoms with Gasteiger partial charge in [-0.05, 0) is 32.0 Å². The predicted molar refractivity (Wildman–Crippen MR) is 132 cm³/mol. The number of rotatable bonds is 6. The van der Waals surface area contributed by atoms with Crippen LogP contribution in [0.4, 0.5) is 11.6 Å². The van der Waals surface area contributed by atoms with Crippen molar-refractivity contribution in [1.82, 2.24) is 29.2 Å². The molecule has 0 radical (unpaired) electrons. The number of aliphatic hydroxyl groups is 1. The number of β-amino-alcohol motifs (C(OH)–C–C–N with tert-alkyl or cyclic N) is 1. The molecule has 1 aliphatic rings. The first-order valence-electron chi connectivity index (χ1n) is 11.3. The monoisotopic (exact) mass is 495 g/mol. The average molecular weight is 496 g/mol. The highest BCUT2D eigenvalue weighted by Crippen LogP contribution is 2.32. The van der Waals surface area contributed by atoms with Crippen molar-refractivity contribution in [2.45, 2.75) is 39.0 Å². The molecule has 182 valence electrons. The molecular weight excluding hydrogens is 470 g/mol. The van der Waals surface area contributed by atoms with E-state index in [9.17, 15) is 15.0 Å². The molecule has 5 rings (SSSR count). The number of benzene rings is 1. The number of halogens is 1. The molecule has 1 aliphatic heterocycles. The van der Waals surface area contributed by atoms with Crippen molar-refractivity contribution < 1.29 is 15.0 Å². The summed E-state index contributed by atoms with van der Waals surface area (Å²) >= 11 is 6.50. The van der Waals surface area contributed by atoms with Gasteiger partial charge >= 0.3 is 5.97 Å². The Hall–Kier alpha value is -3.47. The SMILES string of the molecule is Cc1nn(-c2ccnc(Nc3ccc4c(c3)c(Cl)c(C)n4C)n2)cc1CN1CC(O)CC1C(=O)O. The molecule has 0 spiro atoms. The number of hydrogen-bond donors (Lipinski definition) is 3. The molecule has 4 heterocycles. The van der Waals surface area contributed by atoms with E-state index in [2.05, 4.69) is 25.0 Å². The highest BCUT2D eigenvalue weighted by molar-refractivity contribution is 6.36. The summed E-state index contributed by atoms with van der Waals surface area (Å²) in [6.07, 6.45) is 3.07. The number of aromatic nitrogens is 5. The van der Waals surface area contributed by atoms with Crippen molar-refractivity contribution in [2.75, 3.05) is 11.9 Å². The van der Waals surface area contributed by atoms with Gasteiger partial charge in [-0.2, -0.15) is 10.1 Å². The summed E-state index contributed by atoms with van der Waals surface area (Å²) in [5.74, 6) is 0.0555. The highest BCUT2D eigenvalue weighted by atomic mass is 35.5. The fraction of sp³-hybridized carbons (Fsp3) is 0.333. The van der Waals surface area contributed by atoms with E-state index in [0.29, 0.717) is 24.9 Å². The lowest BCUT2D eigenvalue weighted by atomic mass is 10.2. The van der Waals surface area contributed by atoms with Crippen LogP contribution in [0.1, 0.15) is 23.4 Å². The third-order valence-corrected chi connectivity index (χ3v) is 7.06. The topological polar surface area (TPSA) is 121 Å². The van der Waals surface area contributed by atoms with Crippen molar-refractivity contribution in [2.24, 2.45) is 7.05 Å². The number of anilines is 2. The number of carboxylic acid groups (broad SMARTS) is 1. The summed E-state index contributed by atoms with van der Waals surface area (Å²) in [6.45, 7) is 4.55. The van der Waals surface area contributed by atoms with Crippen LogP contribution in [-0.4, -0.2) is 64.1 Å². The van der Waals surface area contributed by atoms with Crippen molar-refractivity contribution in [3.8, 4) is 5.82 Å². The van der Waals surface area contributed by atoms with E-state index in [1.165, 1.54) is 0 Å². The quantitative estimate of drug-likeness (QED) is 0.373. The summed E-state index contributed by atoms with van der Waals surface area (Å²) in [4.78, 5) is 22.2. The van der Waals surface area contributed by atoms with E-state index in [0.717, 1.165) is 38.6 Å². The molecule has 3 aromatic heterocycles. The van der Waals surface area contributed by atoms with Crippen LogP contribution < -0.4 is 5.32 Å². The Morgan fingerprint density at radius 1 is 1.29 bits per heavy atom. The molecule has 4 aromatic rings. The molecule has 10 nitrogen and oxygen atoms in total. The number of hydrogen-bond acceptors (Lipinski definition) is 7. The highest BCUT2D eigenvalue weighted by Gasteiger charge is 2.36. The smallest absolute Gasteiger partial charge is 0.321 e. The molecule has 2 atom stereocenters. The zero-order chi connectivity index (χ0) is 24.9. The molecule has 1 saturated heterocycles. The minimum absolute atomic E-state index is 0.225. The molecule has 0 bridgehead atoms. The molecule has 35 heavy (non-hydrogen) atoms. The van der Waals surface area contributed by atoms with E-state index in [1.54, 1.807) is 21.8 Å². The predicted octanol–water partition coefficient (Wildman–Crippen LogP) is 3.19. The lowest BCUT2D eigenvalue weighted by Gasteiger charge is -2.20. The minimum Gasteiger partial charge on any atom is -0.480 e. The number of fused-ring (bicyclic) bond motifs is 1. The second-order valence-corrected chi connectivity index (χ2v) is 9.29. The first kappa shape index (κ1) is 23.3. The van der Waals surface area contributed by atoms with Crippen molar-refractivity contribution in [3.63, 3.8) is 0 Å². The summed E-state index contributed by atoms with van der Waals surface area (Å²) < 4.78 is 3.71. The van der Waals surface area contributed by atoms with E-state index in [1.807, 2.05) is 45.3 Å². The van der Waals surface area contributed by atoms with Crippen molar-refractivity contribution in [1.29, 1.82) is 0 Å². The van der Waals surface area contributed by atoms with E-state index >= 15 is 0 Å². The van der Waals surface area contributed by atoms with Crippen LogP contribution in [0.25, 0.3) is 16.7 Å². The van der Waals surface area contributed by atoms with Gasteiger partial charge < -0.3 is 20.1 Å². The van der Waals surface area contributed by atoms with Gasteiger partial charge in [0.2, 0.25) is 5.95 Å². The number of nitrogens with zero attached hydrogens (tertiary/aromatic N) is 6. The Balaban J connectivity index is 1.37. The van der Waals surface area contributed by atoms with E-state index < -0.39 is 18.1 Å². The third kappa shape index (κ3) is 4.36. The summed E-state index contributed by atoms with van der Waals surface area (Å²) in [5.41, 5.74) is 4.50. The Labute approximate surface area is 206 Å². The lowest BCUT2D eigenvalue weighted by molar-refractivity contribution is -0.142. The number of likely N-dealkylation sites (tertiary alicyclic amines) is 1. The summed E-state index contributed by atoms with van der Waals surface area (Å²) in [5, 5.41) is 28.9. The van der Waals surface area contributed by atoms with Gasteiger partial charge in [-0.1, -0.05) is 11.6 Å². The Bertz CT molecular complexity index is 1430. The van der Waals surface area contributed by atoms with E-state index in [-0.39, 0.29) is 6.42 Å². The number of aliphatic carboxylic acids is 1. The molecule has 3 N–H and O–H groups in total. The van der Waals surface area contributed by atoms with Crippen LogP contribution >= 0.6 is 11.6 Å². The molecular formula is C24H26ClN7O3. The molecule has 0 amide bonds. The van der Waals surface area contributed by atoms with Crippen molar-refractivity contribution in [3.05, 3.63) is 58.6 Å². The summed E-state index contributed by atoms with van der Waals surface area (Å²) in [6, 6.07) is 6.97. The number of nitrogens with one attached hydrogen (secondary N) is 1. The fourth-order valence-electron chi connectivity index (χ4n) is 4.57. The number of aryl methyl sites for hydroxylation is 2. The first-order valence-corrected chi connectivity index (χ1v) is 11.6. The van der Waals surface area contributed by atoms with Gasteiger partial charge in [-0.15, -0.1) is 0 Å². The van der Waals surface area contributed by atoms with Gasteiger partial charge in [0, 0.05) is 72.9 Å². The molecule has 0 saturated carbocycles. The largest absolute Gasteiger partial charge is 0.480 e. The van der Waals surface area contributed by atoms with Gasteiger partial charge in [0.05, 0.1) is 16.8 Å². The molecule has 11 heteroatoms. The number of carboxylic acids is 1. The minimum atomic E-state index is -0.928. The zero-order valence-corrected chi connectivity index (χ0v) is 20.4. The number of carbonyl (C=O) groups is 1. The Kier molecular flexibility index (Phi) is 5.96. The Morgan fingerprint density at radius 3 is 2.86 bits per heavy atom. The van der Waals surface area contributed by atoms with Crippen LogP contribution in [0.2, 0.25) is 5.02 Å². The van der Waals surface area contributed by atoms with Crippen LogP contribution in [-0.2, 0) is 18.4 Å². The van der Waals surface area contributed by atoms with Crippen molar-refractivity contribution >= 4 is 40.1 Å². The van der Waals surface area contributed by atoms with Gasteiger partial charge in [-0.25, -0.2) is 9.67 Å². The van der Waals surface area contributed by atoms with Gasteiger partial charge in [0.1, 0.15) is 6.04 Å². The van der Waals surface area contributed by atoms with Crippen LogP contribution in [0, 0.1) is 13.8 Å². The summed E-state index contributed by atoms with van der Waals surface area (Å²) in [7, 11) is 1.98. The second-order valence-electron chi connectivity index (χ2n) is 8.91. The van der Waals surface area contributed by atoms with Crippen LogP contribution in [0.3, 0.4) is 0 Å². The maximum Gasteiger partial charge on any atom is 0.321 e. The average Bonchev–Trinajstić information content (AvgIpc) is 3.45. The van der Waals surface area contributed by atoms with Gasteiger partial charge in [0.15, 0.2) is 5.82 Å². The number of aliphatic hydroxyl groups excluding tert-OH is 1. The maximum absolute atomic E-state index is 11.5. The maximum atomic E-state index is 11.5. The van der Waals surface area contributed by atoms with Crippen LogP contribution in [0.5, 0.6) is 0 Å². The fourth-order valence-corrected chi connectivity index (χ4v) is 4.85. The normalized spacial score (nSPS) is 18.4. The molecule has 2 unspecified atom stereocenters. The first-order chi connectivity index (χ1) is 16.7. The molecule has 1 aromatic carbocycles. The zero-order valence-electron chi connectivity index (χ0n) is 19.6. The lowest BCUT2D eigenvalue weighted by Crippen LogP contribution is -2.35. The Morgan fingerprint density at radius 2 is 2.09 bits per heavy atom. The van der Waals surface area contributed by atoms with E-state index in [4.69, 9.17) is 11.6 Å². The van der Waals surface area contributed by atoms with Crippen LogP contribution in [0.15, 0.2) is 36.7 Å². The molecule has 0 aliphatic carbocycles. The van der Waals surface area contributed by atoms with Gasteiger partial charge in [0.25, 0.3) is 0 Å². The third-order valence-electron chi connectivity index (χ3n) is 6.59. The molecule has 1 fully saturated rings. The van der Waals surface area contributed by atoms with Gasteiger partial charge in [-0.3, -0.25) is 9.69 Å².